The van der Waals surface area contributed by atoms with Crippen molar-refractivity contribution >= 4 is 23.2 Å². The van der Waals surface area contributed by atoms with E-state index in [0.29, 0.717) is 26.1 Å². The first-order valence-corrected chi connectivity index (χ1v) is 11.1. The molecule has 0 N–H and O–H groups in total. The van der Waals surface area contributed by atoms with Gasteiger partial charge in [-0.05, 0) is 37.5 Å². The minimum absolute atomic E-state index is 0.000444. The van der Waals surface area contributed by atoms with Crippen molar-refractivity contribution in [3.8, 4) is 0 Å². The van der Waals surface area contributed by atoms with E-state index in [1.807, 2.05) is 42.2 Å². The zero-order valence-corrected chi connectivity index (χ0v) is 18.1. The van der Waals surface area contributed by atoms with Gasteiger partial charge in [-0.1, -0.05) is 37.3 Å². The molecule has 5 nitrogen and oxygen atoms in total. The SMILES string of the molecule is CCC(=O)N(CC(=O)N(Cc1ccccc1)Cc1ccc(C)s1)C[C@@H]1CCCO1. The monoisotopic (exact) mass is 414 g/mol. The lowest BCUT2D eigenvalue weighted by molar-refractivity contribution is -0.142. The standard InChI is InChI=1S/C23H30N2O3S/c1-3-22(26)25(15-20-10-7-13-28-20)17-23(27)24(14-19-8-5-4-6-9-19)16-21-12-11-18(2)29-21/h4-6,8-9,11-12,20H,3,7,10,13-17H2,1-2H3/t20-/m0/s1. The van der Waals surface area contributed by atoms with Gasteiger partial charge in [-0.15, -0.1) is 11.3 Å². The van der Waals surface area contributed by atoms with Gasteiger partial charge in [0.25, 0.3) is 0 Å². The Morgan fingerprint density at radius 1 is 1.07 bits per heavy atom. The highest BCUT2D eigenvalue weighted by molar-refractivity contribution is 7.11. The highest BCUT2D eigenvalue weighted by Crippen LogP contribution is 2.19. The van der Waals surface area contributed by atoms with E-state index in [4.69, 9.17) is 4.74 Å². The van der Waals surface area contributed by atoms with Gasteiger partial charge in [0.15, 0.2) is 0 Å². The number of hydrogen-bond donors (Lipinski definition) is 0. The largest absolute Gasteiger partial charge is 0.376 e. The molecule has 0 spiro atoms. The Morgan fingerprint density at radius 3 is 2.48 bits per heavy atom. The first-order chi connectivity index (χ1) is 14.0. The summed E-state index contributed by atoms with van der Waals surface area (Å²) in [5.74, 6) is -0.0276. The molecule has 0 aliphatic carbocycles. The molecule has 2 aromatic rings. The van der Waals surface area contributed by atoms with Crippen LogP contribution in [0, 0.1) is 6.92 Å². The molecule has 2 heterocycles. The van der Waals surface area contributed by atoms with Crippen molar-refractivity contribution in [3.63, 3.8) is 0 Å². The Labute approximate surface area is 177 Å². The topological polar surface area (TPSA) is 49.9 Å². The maximum atomic E-state index is 13.3. The van der Waals surface area contributed by atoms with E-state index >= 15 is 0 Å². The summed E-state index contributed by atoms with van der Waals surface area (Å²) in [5, 5.41) is 0. The molecule has 1 atom stereocenters. The van der Waals surface area contributed by atoms with Gasteiger partial charge in [-0.2, -0.15) is 0 Å². The molecule has 0 saturated carbocycles. The Hall–Kier alpha value is -2.18. The van der Waals surface area contributed by atoms with Crippen LogP contribution >= 0.6 is 11.3 Å². The third kappa shape index (κ3) is 6.41. The molecule has 156 valence electrons. The van der Waals surface area contributed by atoms with Gasteiger partial charge >= 0.3 is 0 Å². The maximum Gasteiger partial charge on any atom is 0.242 e. The fourth-order valence-electron chi connectivity index (χ4n) is 3.57. The number of rotatable bonds is 9. The molecule has 1 fully saturated rings. The summed E-state index contributed by atoms with van der Waals surface area (Å²) in [4.78, 5) is 31.7. The number of carbonyl (C=O) groups excluding carboxylic acids is 2. The molecule has 1 aromatic carbocycles. The molecular weight excluding hydrogens is 384 g/mol. The van der Waals surface area contributed by atoms with Crippen molar-refractivity contribution in [1.29, 1.82) is 0 Å². The zero-order chi connectivity index (χ0) is 20.6. The van der Waals surface area contributed by atoms with E-state index in [1.165, 1.54) is 4.88 Å². The molecule has 0 unspecified atom stereocenters. The van der Waals surface area contributed by atoms with Gasteiger partial charge in [0.2, 0.25) is 11.8 Å². The number of ether oxygens (including phenoxy) is 1. The van der Waals surface area contributed by atoms with Crippen LogP contribution in [0.25, 0.3) is 0 Å². The minimum Gasteiger partial charge on any atom is -0.376 e. The maximum absolute atomic E-state index is 13.3. The molecule has 2 amide bonds. The van der Waals surface area contributed by atoms with Crippen LogP contribution < -0.4 is 0 Å². The Balaban J connectivity index is 1.72. The number of nitrogens with zero attached hydrogens (tertiary/aromatic N) is 2. The first-order valence-electron chi connectivity index (χ1n) is 10.3. The second kappa shape index (κ2) is 10.6. The molecule has 0 bridgehead atoms. The van der Waals surface area contributed by atoms with Gasteiger partial charge in [-0.25, -0.2) is 0 Å². The van der Waals surface area contributed by atoms with Crippen molar-refractivity contribution in [2.45, 2.75) is 52.3 Å². The normalized spacial score (nSPS) is 16.0. The van der Waals surface area contributed by atoms with Crippen LogP contribution in [0.1, 0.15) is 41.5 Å². The second-order valence-corrected chi connectivity index (χ2v) is 8.88. The highest BCUT2D eigenvalue weighted by atomic mass is 32.1. The third-order valence-corrected chi connectivity index (χ3v) is 6.13. The van der Waals surface area contributed by atoms with Gasteiger partial charge < -0.3 is 14.5 Å². The summed E-state index contributed by atoms with van der Waals surface area (Å²) in [7, 11) is 0. The van der Waals surface area contributed by atoms with Gasteiger partial charge in [0.1, 0.15) is 0 Å². The van der Waals surface area contributed by atoms with E-state index in [0.717, 1.165) is 29.9 Å². The van der Waals surface area contributed by atoms with Crippen LogP contribution in [0.15, 0.2) is 42.5 Å². The molecule has 0 radical (unpaired) electrons. The Bertz CT molecular complexity index is 799. The van der Waals surface area contributed by atoms with E-state index in [-0.39, 0.29) is 24.5 Å². The van der Waals surface area contributed by atoms with Gasteiger partial charge in [-0.3, -0.25) is 9.59 Å². The van der Waals surface area contributed by atoms with Crippen molar-refractivity contribution in [3.05, 3.63) is 57.8 Å². The molecule has 1 aliphatic rings. The van der Waals surface area contributed by atoms with Crippen LogP contribution in [0.2, 0.25) is 0 Å². The minimum atomic E-state index is -0.0281. The predicted octanol–water partition coefficient (Wildman–Crippen LogP) is 4.00. The molecule has 1 aliphatic heterocycles. The summed E-state index contributed by atoms with van der Waals surface area (Å²) in [6.45, 7) is 6.33. The molecule has 6 heteroatoms. The quantitative estimate of drug-likeness (QED) is 0.623. The number of carbonyl (C=O) groups is 2. The average molecular weight is 415 g/mol. The number of thiophene rings is 1. The van der Waals surface area contributed by atoms with E-state index in [2.05, 4.69) is 19.1 Å². The lowest BCUT2D eigenvalue weighted by atomic mass is 10.2. The fourth-order valence-corrected chi connectivity index (χ4v) is 4.48. The number of hydrogen-bond acceptors (Lipinski definition) is 4. The molecular formula is C23H30N2O3S. The Morgan fingerprint density at radius 2 is 1.86 bits per heavy atom. The average Bonchev–Trinajstić information content (AvgIpc) is 3.38. The summed E-state index contributed by atoms with van der Waals surface area (Å²) in [6.07, 6.45) is 2.40. The van der Waals surface area contributed by atoms with Crippen LogP contribution in [-0.4, -0.2) is 47.4 Å². The van der Waals surface area contributed by atoms with E-state index < -0.39 is 0 Å². The lowest BCUT2D eigenvalue weighted by Crippen LogP contribution is -2.45. The zero-order valence-electron chi connectivity index (χ0n) is 17.3. The molecule has 1 saturated heterocycles. The van der Waals surface area contributed by atoms with Crippen molar-refractivity contribution in [2.75, 3.05) is 19.7 Å². The third-order valence-electron chi connectivity index (χ3n) is 5.14. The summed E-state index contributed by atoms with van der Waals surface area (Å²) < 4.78 is 5.70. The van der Waals surface area contributed by atoms with Crippen LogP contribution in [0.5, 0.6) is 0 Å². The smallest absolute Gasteiger partial charge is 0.242 e. The number of benzene rings is 1. The van der Waals surface area contributed by atoms with Crippen molar-refractivity contribution in [1.82, 2.24) is 9.80 Å². The second-order valence-electron chi connectivity index (χ2n) is 7.51. The van der Waals surface area contributed by atoms with Crippen LogP contribution in [0.3, 0.4) is 0 Å². The van der Waals surface area contributed by atoms with E-state index in [1.54, 1.807) is 16.2 Å². The van der Waals surface area contributed by atoms with Gasteiger partial charge in [0, 0.05) is 35.9 Å². The van der Waals surface area contributed by atoms with Crippen molar-refractivity contribution in [2.24, 2.45) is 0 Å². The van der Waals surface area contributed by atoms with Crippen molar-refractivity contribution < 1.29 is 14.3 Å². The summed E-state index contributed by atoms with van der Waals surface area (Å²) >= 11 is 1.71. The lowest BCUT2D eigenvalue weighted by Gasteiger charge is -2.29. The number of aryl methyl sites for hydroxylation is 1. The van der Waals surface area contributed by atoms with Crippen LogP contribution in [-0.2, 0) is 27.4 Å². The molecule has 1 aromatic heterocycles. The predicted molar refractivity (Wildman–Crippen MR) is 116 cm³/mol. The Kier molecular flexibility index (Phi) is 7.83. The molecule has 29 heavy (non-hydrogen) atoms. The summed E-state index contributed by atoms with van der Waals surface area (Å²) in [6, 6.07) is 14.2. The first kappa shape index (κ1) is 21.5. The summed E-state index contributed by atoms with van der Waals surface area (Å²) in [5.41, 5.74) is 1.08. The van der Waals surface area contributed by atoms with Crippen LogP contribution in [0.4, 0.5) is 0 Å². The van der Waals surface area contributed by atoms with E-state index in [9.17, 15) is 9.59 Å². The van der Waals surface area contributed by atoms with Gasteiger partial charge in [0.05, 0.1) is 19.2 Å². The fraction of sp³-hybridized carbons (Fsp3) is 0.478. The highest BCUT2D eigenvalue weighted by Gasteiger charge is 2.25. The number of amides is 2. The molecule has 3 rings (SSSR count).